The van der Waals surface area contributed by atoms with Crippen molar-refractivity contribution in [2.75, 3.05) is 11.5 Å². The van der Waals surface area contributed by atoms with E-state index in [0.717, 1.165) is 20.9 Å². The Morgan fingerprint density at radius 3 is 2.69 bits per heavy atom. The van der Waals surface area contributed by atoms with Gasteiger partial charge in [0.1, 0.15) is 17.6 Å². The molecule has 2 aromatic carbocycles. The SMILES string of the molecule is CCOc1ccc(/C(O)=C2\C(=O)C(=O)N(c3nc4ccc(Cl)cc4s3)C2c2cccs2)cc1C(C)C. The van der Waals surface area contributed by atoms with E-state index in [4.69, 9.17) is 16.3 Å². The number of aromatic nitrogens is 1. The second kappa shape index (κ2) is 9.69. The van der Waals surface area contributed by atoms with Gasteiger partial charge in [0.05, 0.1) is 22.4 Å². The molecule has 1 atom stereocenters. The Kier molecular flexibility index (Phi) is 6.59. The molecule has 4 aromatic rings. The predicted octanol–water partition coefficient (Wildman–Crippen LogP) is 7.16. The molecule has 1 fully saturated rings. The molecule has 36 heavy (non-hydrogen) atoms. The number of anilines is 1. The van der Waals surface area contributed by atoms with Crippen molar-refractivity contribution in [1.29, 1.82) is 0 Å². The van der Waals surface area contributed by atoms with Crippen LogP contribution in [0.2, 0.25) is 5.02 Å². The molecule has 9 heteroatoms. The Morgan fingerprint density at radius 2 is 2.00 bits per heavy atom. The minimum Gasteiger partial charge on any atom is -0.507 e. The van der Waals surface area contributed by atoms with Crippen molar-refractivity contribution < 1.29 is 19.4 Å². The number of fused-ring (bicyclic) bond motifs is 1. The molecule has 3 heterocycles. The summed E-state index contributed by atoms with van der Waals surface area (Å²) in [5.74, 6) is -0.835. The van der Waals surface area contributed by atoms with Crippen molar-refractivity contribution in [3.05, 3.63) is 80.5 Å². The number of amides is 1. The number of carbonyl (C=O) groups excluding carboxylic acids is 2. The number of aliphatic hydroxyl groups excluding tert-OH is 1. The van der Waals surface area contributed by atoms with Crippen LogP contribution in [0.25, 0.3) is 16.0 Å². The van der Waals surface area contributed by atoms with Crippen molar-refractivity contribution in [2.45, 2.75) is 32.7 Å². The van der Waals surface area contributed by atoms with Crippen molar-refractivity contribution in [3.8, 4) is 5.75 Å². The maximum Gasteiger partial charge on any atom is 0.301 e. The number of thiophene rings is 1. The van der Waals surface area contributed by atoms with Gasteiger partial charge in [-0.1, -0.05) is 42.9 Å². The first-order valence-corrected chi connectivity index (χ1v) is 13.5. The van der Waals surface area contributed by atoms with E-state index < -0.39 is 17.7 Å². The Balaban J connectivity index is 1.68. The Morgan fingerprint density at radius 1 is 1.19 bits per heavy atom. The van der Waals surface area contributed by atoms with Gasteiger partial charge in [-0.2, -0.15) is 0 Å². The highest BCUT2D eigenvalue weighted by Gasteiger charge is 2.48. The molecule has 1 N–H and O–H groups in total. The predicted molar refractivity (Wildman–Crippen MR) is 145 cm³/mol. The number of halogens is 1. The molecule has 5 rings (SSSR count). The number of hydrogen-bond donors (Lipinski definition) is 1. The molecule has 184 valence electrons. The summed E-state index contributed by atoms with van der Waals surface area (Å²) in [7, 11) is 0. The number of hydrogen-bond acceptors (Lipinski definition) is 7. The third-order valence-electron chi connectivity index (χ3n) is 6.01. The molecule has 0 saturated carbocycles. The van der Waals surface area contributed by atoms with Gasteiger partial charge in [-0.05, 0) is 66.2 Å². The number of rotatable bonds is 6. The zero-order chi connectivity index (χ0) is 25.6. The third kappa shape index (κ3) is 4.19. The summed E-state index contributed by atoms with van der Waals surface area (Å²) in [6.45, 7) is 6.50. The highest BCUT2D eigenvalue weighted by atomic mass is 35.5. The van der Waals surface area contributed by atoms with Gasteiger partial charge in [0, 0.05) is 15.5 Å². The average molecular weight is 539 g/mol. The van der Waals surface area contributed by atoms with Gasteiger partial charge in [0.25, 0.3) is 5.78 Å². The topological polar surface area (TPSA) is 79.7 Å². The minimum atomic E-state index is -0.796. The summed E-state index contributed by atoms with van der Waals surface area (Å²) in [6, 6.07) is 13.5. The highest BCUT2D eigenvalue weighted by molar-refractivity contribution is 7.22. The molecule has 2 aromatic heterocycles. The van der Waals surface area contributed by atoms with Gasteiger partial charge in [-0.25, -0.2) is 4.98 Å². The molecule has 0 spiro atoms. The van der Waals surface area contributed by atoms with E-state index in [0.29, 0.717) is 27.8 Å². The Hall–Kier alpha value is -3.20. The number of Topliss-reactive ketones (excluding diaryl/α,β-unsaturated/α-hetero) is 1. The van der Waals surface area contributed by atoms with Crippen molar-refractivity contribution in [1.82, 2.24) is 4.98 Å². The van der Waals surface area contributed by atoms with Crippen LogP contribution in [0, 0.1) is 0 Å². The van der Waals surface area contributed by atoms with Gasteiger partial charge in [0.15, 0.2) is 5.13 Å². The second-order valence-corrected chi connectivity index (χ2v) is 11.1. The zero-order valence-electron chi connectivity index (χ0n) is 19.8. The summed E-state index contributed by atoms with van der Waals surface area (Å²) in [5, 5.41) is 14.3. The monoisotopic (exact) mass is 538 g/mol. The van der Waals surface area contributed by atoms with Crippen molar-refractivity contribution >= 4 is 67.1 Å². The average Bonchev–Trinajstić information content (AvgIpc) is 3.57. The number of thiazole rings is 1. The van der Waals surface area contributed by atoms with Gasteiger partial charge in [-0.3, -0.25) is 14.5 Å². The number of benzene rings is 2. The van der Waals surface area contributed by atoms with Crippen LogP contribution in [0.15, 0.2) is 59.5 Å². The van der Waals surface area contributed by atoms with E-state index >= 15 is 0 Å². The van der Waals surface area contributed by atoms with Crippen LogP contribution in [-0.2, 0) is 9.59 Å². The van der Waals surface area contributed by atoms with Crippen LogP contribution in [0.5, 0.6) is 5.75 Å². The normalized spacial score (nSPS) is 17.5. The summed E-state index contributed by atoms with van der Waals surface area (Å²) in [4.78, 5) is 33.5. The Labute approximate surface area is 221 Å². The first-order chi connectivity index (χ1) is 17.3. The standard InChI is InChI=1S/C27H23ClN2O4S2/c1-4-34-19-10-7-15(12-17(19)14(2)3)24(31)22-23(20-6-5-11-35-20)30(26(33)25(22)32)27-29-18-9-8-16(28)13-21(18)36-27/h5-14,23,31H,4H2,1-3H3/b24-22+. The summed E-state index contributed by atoms with van der Waals surface area (Å²) in [6.07, 6.45) is 0. The molecule has 1 amide bonds. The second-order valence-electron chi connectivity index (χ2n) is 8.63. The fraction of sp³-hybridized carbons (Fsp3) is 0.222. The largest absolute Gasteiger partial charge is 0.507 e. The lowest BCUT2D eigenvalue weighted by molar-refractivity contribution is -0.132. The number of ketones is 1. The maximum absolute atomic E-state index is 13.4. The highest BCUT2D eigenvalue weighted by Crippen LogP contribution is 2.46. The van der Waals surface area contributed by atoms with Crippen LogP contribution in [-0.4, -0.2) is 28.4 Å². The van der Waals surface area contributed by atoms with Crippen LogP contribution >= 0.6 is 34.3 Å². The van der Waals surface area contributed by atoms with E-state index in [1.165, 1.54) is 27.6 Å². The van der Waals surface area contributed by atoms with Gasteiger partial charge < -0.3 is 9.84 Å². The number of carbonyl (C=O) groups is 2. The number of nitrogens with zero attached hydrogens (tertiary/aromatic N) is 2. The third-order valence-corrected chi connectivity index (χ3v) is 8.18. The molecule has 1 saturated heterocycles. The lowest BCUT2D eigenvalue weighted by Crippen LogP contribution is -2.28. The van der Waals surface area contributed by atoms with E-state index in [1.807, 2.05) is 44.4 Å². The smallest absolute Gasteiger partial charge is 0.301 e. The van der Waals surface area contributed by atoms with Crippen LogP contribution in [0.4, 0.5) is 5.13 Å². The van der Waals surface area contributed by atoms with Crippen LogP contribution in [0.3, 0.4) is 0 Å². The van der Waals surface area contributed by atoms with E-state index in [-0.39, 0.29) is 17.3 Å². The quantitative estimate of drug-likeness (QED) is 0.160. The minimum absolute atomic E-state index is 0.0404. The molecule has 1 unspecified atom stereocenters. The Bertz CT molecular complexity index is 1510. The molecular weight excluding hydrogens is 516 g/mol. The lowest BCUT2D eigenvalue weighted by atomic mass is 9.95. The fourth-order valence-corrected chi connectivity index (χ4v) is 6.42. The van der Waals surface area contributed by atoms with Gasteiger partial charge in [-0.15, -0.1) is 11.3 Å². The van der Waals surface area contributed by atoms with Crippen LogP contribution in [0.1, 0.15) is 48.7 Å². The maximum atomic E-state index is 13.4. The molecule has 0 aliphatic carbocycles. The summed E-state index contributed by atoms with van der Waals surface area (Å²) >= 11 is 8.83. The van der Waals surface area contributed by atoms with E-state index in [1.54, 1.807) is 30.3 Å². The fourth-order valence-electron chi connectivity index (χ4n) is 4.32. The number of ether oxygens (including phenoxy) is 1. The summed E-state index contributed by atoms with van der Waals surface area (Å²) < 4.78 is 6.55. The zero-order valence-corrected chi connectivity index (χ0v) is 22.2. The molecule has 1 aliphatic rings. The van der Waals surface area contributed by atoms with Gasteiger partial charge in [0.2, 0.25) is 0 Å². The molecule has 1 aliphatic heterocycles. The first kappa shape index (κ1) is 24.5. The molecule has 6 nitrogen and oxygen atoms in total. The van der Waals surface area contributed by atoms with Crippen LogP contribution < -0.4 is 9.64 Å². The van der Waals surface area contributed by atoms with E-state index in [9.17, 15) is 14.7 Å². The van der Waals surface area contributed by atoms with Crippen molar-refractivity contribution in [3.63, 3.8) is 0 Å². The molecular formula is C27H23ClN2O4S2. The molecule has 0 bridgehead atoms. The first-order valence-electron chi connectivity index (χ1n) is 11.5. The van der Waals surface area contributed by atoms with E-state index in [2.05, 4.69) is 4.98 Å². The summed E-state index contributed by atoms with van der Waals surface area (Å²) in [5.41, 5.74) is 2.08. The number of aliphatic hydroxyl groups is 1. The van der Waals surface area contributed by atoms with Gasteiger partial charge >= 0.3 is 5.91 Å². The van der Waals surface area contributed by atoms with Crippen molar-refractivity contribution in [2.24, 2.45) is 0 Å². The molecule has 0 radical (unpaired) electrons. The lowest BCUT2D eigenvalue weighted by Gasteiger charge is -2.21.